The van der Waals surface area contributed by atoms with Gasteiger partial charge in [-0.15, -0.1) is 0 Å². The number of nitrogens with zero attached hydrogens (tertiary/aromatic N) is 3. The Hall–Kier alpha value is -4.26. The molecule has 5 atom stereocenters. The van der Waals surface area contributed by atoms with Crippen LogP contribution in [0.4, 0.5) is 0 Å². The zero-order valence-corrected chi connectivity index (χ0v) is 26.3. The third-order valence-electron chi connectivity index (χ3n) is 8.27. The van der Waals surface area contributed by atoms with Gasteiger partial charge in [0.15, 0.2) is 0 Å². The highest BCUT2D eigenvalue weighted by atomic mass is 16.5. The summed E-state index contributed by atoms with van der Waals surface area (Å²) in [5.41, 5.74) is 1.41. The Morgan fingerprint density at radius 1 is 1.09 bits per heavy atom. The topological polar surface area (TPSA) is 174 Å². The second-order valence-electron chi connectivity index (χ2n) is 12.4. The van der Waals surface area contributed by atoms with E-state index >= 15 is 0 Å². The third kappa shape index (κ3) is 8.68. The van der Waals surface area contributed by atoms with E-state index < -0.39 is 60.3 Å². The molecule has 13 heteroatoms. The van der Waals surface area contributed by atoms with Crippen molar-refractivity contribution in [2.24, 2.45) is 11.8 Å². The summed E-state index contributed by atoms with van der Waals surface area (Å²) >= 11 is 0. The Balaban J connectivity index is 1.66. The van der Waals surface area contributed by atoms with Crippen molar-refractivity contribution in [2.75, 3.05) is 26.2 Å². The zero-order chi connectivity index (χ0) is 32.7. The van der Waals surface area contributed by atoms with E-state index in [4.69, 9.17) is 4.52 Å². The number of carbonyl (C=O) groups excluding carboxylic acids is 5. The summed E-state index contributed by atoms with van der Waals surface area (Å²) in [4.78, 5) is 70.4. The van der Waals surface area contributed by atoms with Gasteiger partial charge in [0.25, 0.3) is 5.91 Å². The molecule has 2 saturated heterocycles. The first-order valence-electron chi connectivity index (χ1n) is 15.6. The standard InChI is InChI=1S/C32H44N6O7/c1-5-20(4)28-32(44)38-17-23(39)16-25(38)30(42)34-24(14-21-9-7-6-8-10-21)29(41)33-11-12-37(18-27(40)35-28)31(43)26-15-22(36-45-26)13-19(2)3/h6-10,15,19-20,23-25,28,39H,5,11-14,16-18H2,1-4H3,(H,33,41)(H,34,42)(H,35,40)/t20-,23+,24-,25-,28-/m0/s1. The molecule has 45 heavy (non-hydrogen) atoms. The van der Waals surface area contributed by atoms with E-state index in [9.17, 15) is 29.1 Å². The number of aromatic nitrogens is 1. The number of fused-ring (bicyclic) bond motifs is 1. The molecule has 5 amide bonds. The Morgan fingerprint density at radius 2 is 1.82 bits per heavy atom. The van der Waals surface area contributed by atoms with Crippen molar-refractivity contribution >= 4 is 29.5 Å². The van der Waals surface area contributed by atoms with Crippen LogP contribution in [0.15, 0.2) is 40.9 Å². The van der Waals surface area contributed by atoms with Gasteiger partial charge in [0, 0.05) is 38.5 Å². The minimum absolute atomic E-state index is 0.00329. The minimum atomic E-state index is -1.03. The number of hydrogen-bond acceptors (Lipinski definition) is 8. The molecule has 13 nitrogen and oxygen atoms in total. The maximum absolute atomic E-state index is 13.9. The van der Waals surface area contributed by atoms with Crippen LogP contribution in [-0.4, -0.2) is 100 Å². The van der Waals surface area contributed by atoms with Gasteiger partial charge in [-0.2, -0.15) is 0 Å². The molecule has 0 radical (unpaired) electrons. The van der Waals surface area contributed by atoms with Crippen molar-refractivity contribution in [2.45, 2.75) is 77.6 Å². The summed E-state index contributed by atoms with van der Waals surface area (Å²) < 4.78 is 5.32. The average Bonchev–Trinajstić information content (AvgIpc) is 3.64. The van der Waals surface area contributed by atoms with Crippen LogP contribution in [0, 0.1) is 11.8 Å². The predicted molar refractivity (Wildman–Crippen MR) is 164 cm³/mol. The van der Waals surface area contributed by atoms with E-state index in [1.54, 1.807) is 6.07 Å². The van der Waals surface area contributed by atoms with Crippen LogP contribution in [0.3, 0.4) is 0 Å². The first-order valence-corrected chi connectivity index (χ1v) is 15.6. The summed E-state index contributed by atoms with van der Waals surface area (Å²) in [7, 11) is 0. The van der Waals surface area contributed by atoms with Gasteiger partial charge in [-0.1, -0.05) is 69.6 Å². The first kappa shape index (κ1) is 33.6. The molecule has 4 N–H and O–H groups in total. The largest absolute Gasteiger partial charge is 0.391 e. The van der Waals surface area contributed by atoms with Crippen LogP contribution < -0.4 is 16.0 Å². The summed E-state index contributed by atoms with van der Waals surface area (Å²) in [5, 5.41) is 22.8. The molecular formula is C32H44N6O7. The second kappa shape index (κ2) is 15.2. The Labute approximate surface area is 263 Å². The van der Waals surface area contributed by atoms with Crippen LogP contribution in [0.1, 0.15) is 62.3 Å². The van der Waals surface area contributed by atoms with E-state index in [-0.39, 0.29) is 50.1 Å². The number of amides is 5. The van der Waals surface area contributed by atoms with E-state index in [1.165, 1.54) is 9.80 Å². The minimum Gasteiger partial charge on any atom is -0.391 e. The fourth-order valence-electron chi connectivity index (χ4n) is 5.66. The second-order valence-corrected chi connectivity index (χ2v) is 12.4. The van der Waals surface area contributed by atoms with Gasteiger partial charge in [-0.05, 0) is 23.8 Å². The summed E-state index contributed by atoms with van der Waals surface area (Å²) in [6, 6.07) is 7.68. The summed E-state index contributed by atoms with van der Waals surface area (Å²) in [5.74, 6) is -2.83. The molecule has 0 saturated carbocycles. The van der Waals surface area contributed by atoms with Crippen LogP contribution >= 0.6 is 0 Å². The number of benzene rings is 1. The maximum Gasteiger partial charge on any atom is 0.293 e. The first-order chi connectivity index (χ1) is 21.5. The van der Waals surface area contributed by atoms with Crippen LogP contribution in [0.2, 0.25) is 0 Å². The quantitative estimate of drug-likeness (QED) is 0.348. The van der Waals surface area contributed by atoms with Gasteiger partial charge in [-0.25, -0.2) is 0 Å². The molecule has 244 valence electrons. The molecule has 3 heterocycles. The average molecular weight is 625 g/mol. The van der Waals surface area contributed by atoms with Gasteiger partial charge in [0.1, 0.15) is 24.7 Å². The third-order valence-corrected chi connectivity index (χ3v) is 8.27. The number of nitrogens with one attached hydrogen (secondary N) is 3. The number of carbonyl (C=O) groups is 5. The molecule has 1 aromatic heterocycles. The molecule has 0 aliphatic carbocycles. The molecule has 2 aliphatic heterocycles. The van der Waals surface area contributed by atoms with Crippen molar-refractivity contribution < 1.29 is 33.6 Å². The predicted octanol–water partition coefficient (Wildman–Crippen LogP) is 0.665. The lowest BCUT2D eigenvalue weighted by Gasteiger charge is -2.32. The van der Waals surface area contributed by atoms with Gasteiger partial charge in [0.05, 0.1) is 11.8 Å². The number of hydrogen-bond donors (Lipinski definition) is 4. The summed E-state index contributed by atoms with van der Waals surface area (Å²) in [6.45, 7) is 7.14. The fourth-order valence-corrected chi connectivity index (χ4v) is 5.66. The van der Waals surface area contributed by atoms with Crippen molar-refractivity contribution in [1.82, 2.24) is 30.9 Å². The molecule has 0 spiro atoms. The lowest BCUT2D eigenvalue weighted by molar-refractivity contribution is -0.143. The SMILES string of the molecule is CC[C@H](C)[C@@H]1NC(=O)CN(C(=O)c2cc(CC(C)C)no2)CCNC(=O)[C@H](Cc2ccccc2)NC(=O)[C@@H]2C[C@@H](O)CN2C1=O. The van der Waals surface area contributed by atoms with E-state index in [2.05, 4.69) is 21.1 Å². The van der Waals surface area contributed by atoms with Crippen LogP contribution in [-0.2, 0) is 32.0 Å². The van der Waals surface area contributed by atoms with E-state index in [1.807, 2.05) is 58.0 Å². The molecule has 1 aromatic carbocycles. The number of aliphatic hydroxyl groups excluding tert-OH is 1. The van der Waals surface area contributed by atoms with Crippen molar-refractivity contribution in [3.63, 3.8) is 0 Å². The van der Waals surface area contributed by atoms with Crippen molar-refractivity contribution in [3.8, 4) is 0 Å². The van der Waals surface area contributed by atoms with E-state index in [0.29, 0.717) is 18.5 Å². The maximum atomic E-state index is 13.9. The van der Waals surface area contributed by atoms with Gasteiger partial charge < -0.3 is 35.4 Å². The van der Waals surface area contributed by atoms with Gasteiger partial charge >= 0.3 is 0 Å². The highest BCUT2D eigenvalue weighted by Crippen LogP contribution is 2.23. The molecule has 2 aliphatic rings. The lowest BCUT2D eigenvalue weighted by atomic mass is 9.97. The zero-order valence-electron chi connectivity index (χ0n) is 26.3. The van der Waals surface area contributed by atoms with Crippen molar-refractivity contribution in [3.05, 3.63) is 53.4 Å². The highest BCUT2D eigenvalue weighted by molar-refractivity contribution is 5.97. The van der Waals surface area contributed by atoms with Gasteiger partial charge in [0.2, 0.25) is 29.4 Å². The fraction of sp³-hybridized carbons (Fsp3) is 0.562. The molecule has 0 bridgehead atoms. The number of aliphatic hydroxyl groups is 1. The monoisotopic (exact) mass is 624 g/mol. The lowest BCUT2D eigenvalue weighted by Crippen LogP contribution is -2.58. The molecule has 2 fully saturated rings. The van der Waals surface area contributed by atoms with Crippen LogP contribution in [0.25, 0.3) is 0 Å². The Kier molecular flexibility index (Phi) is 11.3. The van der Waals surface area contributed by atoms with Crippen LogP contribution in [0.5, 0.6) is 0 Å². The Morgan fingerprint density at radius 3 is 2.51 bits per heavy atom. The highest BCUT2D eigenvalue weighted by Gasteiger charge is 2.43. The van der Waals surface area contributed by atoms with E-state index in [0.717, 1.165) is 5.56 Å². The molecule has 0 unspecified atom stereocenters. The molecule has 4 rings (SSSR count). The van der Waals surface area contributed by atoms with Gasteiger partial charge in [-0.3, -0.25) is 24.0 Å². The summed E-state index contributed by atoms with van der Waals surface area (Å²) in [6.07, 6.45) is 0.370. The molecule has 2 aromatic rings. The smallest absolute Gasteiger partial charge is 0.293 e. The Bertz CT molecular complexity index is 1360. The number of rotatable bonds is 7. The normalized spacial score (nSPS) is 24.3. The van der Waals surface area contributed by atoms with Crippen molar-refractivity contribution in [1.29, 1.82) is 0 Å². The molecular weight excluding hydrogens is 580 g/mol.